The summed E-state index contributed by atoms with van der Waals surface area (Å²) in [7, 11) is 0. The third kappa shape index (κ3) is 6.15. The molecule has 0 unspecified atom stereocenters. The van der Waals surface area contributed by atoms with Crippen molar-refractivity contribution in [3.63, 3.8) is 0 Å². The van der Waals surface area contributed by atoms with Crippen LogP contribution in [0.3, 0.4) is 0 Å². The Hall–Kier alpha value is -3.06. The minimum atomic E-state index is -0.574. The zero-order valence-electron chi connectivity index (χ0n) is 13.1. The fourth-order valence-electron chi connectivity index (χ4n) is 1.78. The molecule has 130 valence electrons. The molecule has 0 atom stereocenters. The van der Waals surface area contributed by atoms with Gasteiger partial charge in [-0.3, -0.25) is 25.2 Å². The lowest BCUT2D eigenvalue weighted by molar-refractivity contribution is -0.129. The summed E-state index contributed by atoms with van der Waals surface area (Å²) in [5.41, 5.74) is 4.79. The van der Waals surface area contributed by atoms with Crippen molar-refractivity contribution >= 4 is 29.3 Å². The molecule has 0 fully saturated rings. The summed E-state index contributed by atoms with van der Waals surface area (Å²) in [6.45, 7) is -0.597. The molecule has 2 aromatic rings. The number of ether oxygens (including phenoxy) is 1. The zero-order valence-corrected chi connectivity index (χ0v) is 13.9. The molecule has 3 amide bonds. The molecule has 0 aliphatic heterocycles. The Morgan fingerprint density at radius 2 is 1.52 bits per heavy atom. The summed E-state index contributed by atoms with van der Waals surface area (Å²) in [5, 5.41) is 2.81. The van der Waals surface area contributed by atoms with Gasteiger partial charge >= 0.3 is 0 Å². The smallest absolute Gasteiger partial charge is 0.276 e. The van der Waals surface area contributed by atoms with E-state index in [0.29, 0.717) is 16.3 Å². The molecule has 0 saturated heterocycles. The van der Waals surface area contributed by atoms with E-state index in [9.17, 15) is 14.4 Å². The molecule has 3 N–H and O–H groups in total. The van der Waals surface area contributed by atoms with Gasteiger partial charge in [0.05, 0.1) is 11.6 Å². The highest BCUT2D eigenvalue weighted by atomic mass is 35.5. The molecule has 0 radical (unpaired) electrons. The third-order valence-electron chi connectivity index (χ3n) is 2.98. The minimum absolute atomic E-state index is 0.278. The van der Waals surface area contributed by atoms with E-state index in [0.717, 1.165) is 0 Å². The van der Waals surface area contributed by atoms with Gasteiger partial charge in [-0.2, -0.15) is 0 Å². The van der Waals surface area contributed by atoms with Crippen LogP contribution in [-0.4, -0.2) is 30.9 Å². The van der Waals surface area contributed by atoms with Crippen molar-refractivity contribution in [3.8, 4) is 5.75 Å². The number of amides is 3. The Balaban J connectivity index is 1.66. The van der Waals surface area contributed by atoms with Crippen LogP contribution >= 0.6 is 11.6 Å². The van der Waals surface area contributed by atoms with E-state index in [1.54, 1.807) is 54.6 Å². The van der Waals surface area contributed by atoms with Gasteiger partial charge in [0.2, 0.25) is 0 Å². The van der Waals surface area contributed by atoms with E-state index in [-0.39, 0.29) is 19.1 Å². The number of hydrogen-bond donors (Lipinski definition) is 3. The van der Waals surface area contributed by atoms with Crippen LogP contribution in [0.15, 0.2) is 54.6 Å². The molecule has 0 saturated carbocycles. The maximum Gasteiger partial charge on any atom is 0.276 e. The lowest BCUT2D eigenvalue weighted by Crippen LogP contribution is -2.47. The Kier molecular flexibility index (Phi) is 6.79. The minimum Gasteiger partial charge on any atom is -0.482 e. The summed E-state index contributed by atoms with van der Waals surface area (Å²) in [6, 6.07) is 15.2. The maximum absolute atomic E-state index is 11.8. The number of para-hydroxylation sites is 1. The lowest BCUT2D eigenvalue weighted by atomic mass is 10.2. The maximum atomic E-state index is 11.8. The lowest BCUT2D eigenvalue weighted by Gasteiger charge is -2.10. The number of rotatable bonds is 6. The summed E-state index contributed by atoms with van der Waals surface area (Å²) in [5.74, 6) is -1.16. The van der Waals surface area contributed by atoms with Gasteiger partial charge in [-0.25, -0.2) is 0 Å². The van der Waals surface area contributed by atoms with Gasteiger partial charge in [-0.1, -0.05) is 41.9 Å². The summed E-state index contributed by atoms with van der Waals surface area (Å²) in [6.07, 6.45) is 0. The van der Waals surface area contributed by atoms with E-state index in [1.807, 2.05) is 0 Å². The average molecular weight is 362 g/mol. The second-order valence-corrected chi connectivity index (χ2v) is 5.27. The van der Waals surface area contributed by atoms with E-state index in [1.165, 1.54) is 0 Å². The summed E-state index contributed by atoms with van der Waals surface area (Å²) < 4.78 is 5.22. The standard InChI is InChI=1S/C17H16ClN3O4/c18-13-8-4-5-9-14(13)25-11-16(23)21-20-15(22)10-19-17(24)12-6-2-1-3-7-12/h1-9H,10-11H2,(H,19,24)(H,20,22)(H,21,23). The molecule has 8 heteroatoms. The van der Waals surface area contributed by atoms with Gasteiger partial charge in [0.1, 0.15) is 5.75 Å². The average Bonchev–Trinajstić information content (AvgIpc) is 2.64. The zero-order chi connectivity index (χ0) is 18.1. The number of carbonyl (C=O) groups is 3. The molecule has 2 aromatic carbocycles. The quantitative estimate of drug-likeness (QED) is 0.675. The predicted octanol–water partition coefficient (Wildman–Crippen LogP) is 1.30. The van der Waals surface area contributed by atoms with Gasteiger partial charge in [0.25, 0.3) is 17.7 Å². The molecular weight excluding hydrogens is 346 g/mol. The monoisotopic (exact) mass is 361 g/mol. The number of carbonyl (C=O) groups excluding carboxylic acids is 3. The van der Waals surface area contributed by atoms with Crippen LogP contribution in [0.4, 0.5) is 0 Å². The first kappa shape index (κ1) is 18.3. The highest BCUT2D eigenvalue weighted by molar-refractivity contribution is 6.32. The van der Waals surface area contributed by atoms with Crippen LogP contribution in [0.5, 0.6) is 5.75 Å². The van der Waals surface area contributed by atoms with Gasteiger partial charge in [-0.05, 0) is 24.3 Å². The number of hydrazine groups is 1. The first-order valence-corrected chi connectivity index (χ1v) is 7.72. The van der Waals surface area contributed by atoms with Crippen molar-refractivity contribution in [2.24, 2.45) is 0 Å². The van der Waals surface area contributed by atoms with Crippen LogP contribution < -0.4 is 20.9 Å². The van der Waals surface area contributed by atoms with Gasteiger partial charge < -0.3 is 10.1 Å². The second kappa shape index (κ2) is 9.29. The highest BCUT2D eigenvalue weighted by Gasteiger charge is 2.09. The van der Waals surface area contributed by atoms with Crippen LogP contribution in [0.25, 0.3) is 0 Å². The van der Waals surface area contributed by atoms with Gasteiger partial charge in [0.15, 0.2) is 6.61 Å². The van der Waals surface area contributed by atoms with E-state index in [4.69, 9.17) is 16.3 Å². The van der Waals surface area contributed by atoms with E-state index >= 15 is 0 Å². The first-order valence-electron chi connectivity index (χ1n) is 7.34. The molecule has 25 heavy (non-hydrogen) atoms. The topological polar surface area (TPSA) is 96.5 Å². The molecule has 0 aliphatic carbocycles. The SMILES string of the molecule is O=C(CNC(=O)c1ccccc1)NNC(=O)COc1ccccc1Cl. The van der Waals surface area contributed by atoms with Crippen molar-refractivity contribution < 1.29 is 19.1 Å². The predicted molar refractivity (Wildman–Crippen MR) is 92.0 cm³/mol. The van der Waals surface area contributed by atoms with E-state index < -0.39 is 11.8 Å². The Bertz CT molecular complexity index is 753. The summed E-state index contributed by atoms with van der Waals surface area (Å²) >= 11 is 5.89. The molecule has 0 spiro atoms. The Morgan fingerprint density at radius 1 is 0.880 bits per heavy atom. The molecule has 0 heterocycles. The molecule has 0 aromatic heterocycles. The van der Waals surface area contributed by atoms with Crippen molar-refractivity contribution in [3.05, 3.63) is 65.2 Å². The van der Waals surface area contributed by atoms with Crippen molar-refractivity contribution in [1.29, 1.82) is 0 Å². The van der Waals surface area contributed by atoms with Crippen molar-refractivity contribution in [2.75, 3.05) is 13.2 Å². The van der Waals surface area contributed by atoms with Crippen LogP contribution in [0, 0.1) is 0 Å². The molecule has 0 aliphatic rings. The largest absolute Gasteiger partial charge is 0.482 e. The van der Waals surface area contributed by atoms with Crippen molar-refractivity contribution in [1.82, 2.24) is 16.2 Å². The fourth-order valence-corrected chi connectivity index (χ4v) is 1.97. The van der Waals surface area contributed by atoms with E-state index in [2.05, 4.69) is 16.2 Å². The molecule has 0 bridgehead atoms. The van der Waals surface area contributed by atoms with Gasteiger partial charge in [-0.15, -0.1) is 0 Å². The fraction of sp³-hybridized carbons (Fsp3) is 0.118. The Labute approximate surface area is 149 Å². The van der Waals surface area contributed by atoms with Crippen LogP contribution in [0.1, 0.15) is 10.4 Å². The van der Waals surface area contributed by atoms with Crippen LogP contribution in [-0.2, 0) is 9.59 Å². The van der Waals surface area contributed by atoms with Crippen LogP contribution in [0.2, 0.25) is 5.02 Å². The normalized spacial score (nSPS) is 9.80. The highest BCUT2D eigenvalue weighted by Crippen LogP contribution is 2.22. The number of nitrogens with one attached hydrogen (secondary N) is 3. The first-order chi connectivity index (χ1) is 12.1. The second-order valence-electron chi connectivity index (χ2n) is 4.86. The molecular formula is C17H16ClN3O4. The number of halogens is 1. The molecule has 7 nitrogen and oxygen atoms in total. The Morgan fingerprint density at radius 3 is 2.24 bits per heavy atom. The number of benzene rings is 2. The van der Waals surface area contributed by atoms with Crippen molar-refractivity contribution in [2.45, 2.75) is 0 Å². The number of hydrogen-bond acceptors (Lipinski definition) is 4. The summed E-state index contributed by atoms with van der Waals surface area (Å²) in [4.78, 5) is 35.0. The van der Waals surface area contributed by atoms with Gasteiger partial charge in [0, 0.05) is 5.56 Å². The molecule has 2 rings (SSSR count). The third-order valence-corrected chi connectivity index (χ3v) is 3.29.